The Balaban J connectivity index is 1.66. The summed E-state index contributed by atoms with van der Waals surface area (Å²) in [5.41, 5.74) is 7.78. The molecule has 2 fully saturated rings. The van der Waals surface area contributed by atoms with Crippen LogP contribution < -0.4 is 5.73 Å². The molecule has 1 atom stereocenters. The van der Waals surface area contributed by atoms with Gasteiger partial charge in [-0.2, -0.15) is 0 Å². The number of carbonyl (C=O) groups is 1. The molecule has 0 bridgehead atoms. The summed E-state index contributed by atoms with van der Waals surface area (Å²) in [6, 6.07) is 8.14. The van der Waals surface area contributed by atoms with Crippen molar-refractivity contribution in [1.82, 2.24) is 9.80 Å². The van der Waals surface area contributed by atoms with Gasteiger partial charge in [-0.25, -0.2) is 0 Å². The lowest BCUT2D eigenvalue weighted by atomic mass is 10.1. The number of hydrogen-bond acceptors (Lipinski definition) is 3. The Morgan fingerprint density at radius 2 is 2.05 bits per heavy atom. The van der Waals surface area contributed by atoms with Crippen LogP contribution in [0.1, 0.15) is 35.2 Å². The SMILES string of the molecule is NC[C@@H]1CCN(C(=O)c2cccc(CN3CCCC3)c2)C1. The van der Waals surface area contributed by atoms with Crippen molar-refractivity contribution in [2.75, 3.05) is 32.7 Å². The van der Waals surface area contributed by atoms with Crippen molar-refractivity contribution >= 4 is 5.91 Å². The highest BCUT2D eigenvalue weighted by atomic mass is 16.2. The van der Waals surface area contributed by atoms with Crippen LogP contribution in [-0.4, -0.2) is 48.4 Å². The zero-order chi connectivity index (χ0) is 14.7. The van der Waals surface area contributed by atoms with Gasteiger partial charge in [0, 0.05) is 25.2 Å². The zero-order valence-corrected chi connectivity index (χ0v) is 12.6. The molecular weight excluding hydrogens is 262 g/mol. The van der Waals surface area contributed by atoms with E-state index in [1.54, 1.807) is 0 Å². The molecular formula is C17H25N3O. The highest BCUT2D eigenvalue weighted by Crippen LogP contribution is 2.19. The highest BCUT2D eigenvalue weighted by molar-refractivity contribution is 5.94. The lowest BCUT2D eigenvalue weighted by Crippen LogP contribution is -2.30. The number of nitrogens with zero attached hydrogens (tertiary/aromatic N) is 2. The number of carbonyl (C=O) groups excluding carboxylic acids is 1. The predicted octanol–water partition coefficient (Wildman–Crippen LogP) is 1.70. The van der Waals surface area contributed by atoms with Crippen molar-refractivity contribution in [3.05, 3.63) is 35.4 Å². The molecule has 2 aliphatic rings. The molecule has 2 N–H and O–H groups in total. The molecule has 114 valence electrons. The summed E-state index contributed by atoms with van der Waals surface area (Å²) < 4.78 is 0. The normalized spacial score (nSPS) is 22.9. The van der Waals surface area contributed by atoms with Crippen LogP contribution in [0.4, 0.5) is 0 Å². The third-order valence-electron chi connectivity index (χ3n) is 4.69. The van der Waals surface area contributed by atoms with E-state index in [9.17, 15) is 4.79 Å². The van der Waals surface area contributed by atoms with E-state index in [2.05, 4.69) is 17.0 Å². The minimum Gasteiger partial charge on any atom is -0.338 e. The second-order valence-corrected chi connectivity index (χ2v) is 6.33. The molecule has 0 spiro atoms. The average molecular weight is 287 g/mol. The van der Waals surface area contributed by atoms with Gasteiger partial charge < -0.3 is 10.6 Å². The number of nitrogens with two attached hydrogens (primary N) is 1. The lowest BCUT2D eigenvalue weighted by molar-refractivity contribution is 0.0787. The molecule has 0 aliphatic carbocycles. The van der Waals surface area contributed by atoms with Gasteiger partial charge in [-0.05, 0) is 62.5 Å². The fourth-order valence-corrected chi connectivity index (χ4v) is 3.39. The van der Waals surface area contributed by atoms with Gasteiger partial charge in [-0.1, -0.05) is 12.1 Å². The van der Waals surface area contributed by atoms with E-state index >= 15 is 0 Å². The smallest absolute Gasteiger partial charge is 0.253 e. The molecule has 0 unspecified atom stereocenters. The first-order valence-electron chi connectivity index (χ1n) is 8.07. The van der Waals surface area contributed by atoms with Crippen molar-refractivity contribution in [2.45, 2.75) is 25.8 Å². The van der Waals surface area contributed by atoms with E-state index in [1.165, 1.54) is 31.5 Å². The molecule has 2 aliphatic heterocycles. The van der Waals surface area contributed by atoms with Crippen LogP contribution in [0.25, 0.3) is 0 Å². The summed E-state index contributed by atoms with van der Waals surface area (Å²) in [4.78, 5) is 17.0. The Morgan fingerprint density at radius 3 is 2.76 bits per heavy atom. The Bertz CT molecular complexity index is 497. The minimum absolute atomic E-state index is 0.161. The van der Waals surface area contributed by atoms with Crippen molar-refractivity contribution in [3.8, 4) is 0 Å². The standard InChI is InChI=1S/C17H25N3O/c18-11-15-6-9-20(13-15)17(21)16-5-3-4-14(10-16)12-19-7-1-2-8-19/h3-5,10,15H,1-2,6-9,11-13,18H2/t15-/m0/s1. The van der Waals surface area contributed by atoms with E-state index in [1.807, 2.05) is 17.0 Å². The van der Waals surface area contributed by atoms with E-state index in [0.29, 0.717) is 12.5 Å². The molecule has 1 aromatic rings. The van der Waals surface area contributed by atoms with Gasteiger partial charge in [0.2, 0.25) is 0 Å². The maximum atomic E-state index is 12.6. The zero-order valence-electron chi connectivity index (χ0n) is 12.6. The van der Waals surface area contributed by atoms with Crippen LogP contribution in [0.3, 0.4) is 0 Å². The maximum Gasteiger partial charge on any atom is 0.253 e. The number of amides is 1. The van der Waals surface area contributed by atoms with Crippen LogP contribution in [-0.2, 0) is 6.54 Å². The molecule has 1 aromatic carbocycles. The van der Waals surface area contributed by atoms with E-state index in [4.69, 9.17) is 5.73 Å². The first-order valence-corrected chi connectivity index (χ1v) is 8.07. The van der Waals surface area contributed by atoms with E-state index < -0.39 is 0 Å². The summed E-state index contributed by atoms with van der Waals surface area (Å²) in [5.74, 6) is 0.635. The van der Waals surface area contributed by atoms with Crippen LogP contribution in [0.5, 0.6) is 0 Å². The quantitative estimate of drug-likeness (QED) is 0.917. The summed E-state index contributed by atoms with van der Waals surface area (Å²) in [5, 5.41) is 0. The van der Waals surface area contributed by atoms with Gasteiger partial charge in [0.1, 0.15) is 0 Å². The van der Waals surface area contributed by atoms with Crippen molar-refractivity contribution in [2.24, 2.45) is 11.7 Å². The van der Waals surface area contributed by atoms with Crippen LogP contribution in [0, 0.1) is 5.92 Å². The molecule has 21 heavy (non-hydrogen) atoms. The molecule has 2 saturated heterocycles. The summed E-state index contributed by atoms with van der Waals surface area (Å²) >= 11 is 0. The van der Waals surface area contributed by atoms with Gasteiger partial charge in [0.25, 0.3) is 5.91 Å². The van der Waals surface area contributed by atoms with Gasteiger partial charge >= 0.3 is 0 Å². The Kier molecular flexibility index (Phi) is 4.56. The first kappa shape index (κ1) is 14.5. The van der Waals surface area contributed by atoms with Crippen molar-refractivity contribution in [1.29, 1.82) is 0 Å². The van der Waals surface area contributed by atoms with E-state index in [-0.39, 0.29) is 5.91 Å². The molecule has 0 aromatic heterocycles. The molecule has 4 nitrogen and oxygen atoms in total. The fraction of sp³-hybridized carbons (Fsp3) is 0.588. The third kappa shape index (κ3) is 3.44. The van der Waals surface area contributed by atoms with Crippen molar-refractivity contribution < 1.29 is 4.79 Å². The number of rotatable bonds is 4. The number of hydrogen-bond donors (Lipinski definition) is 1. The summed E-state index contributed by atoms with van der Waals surface area (Å²) in [7, 11) is 0. The second kappa shape index (κ2) is 6.58. The van der Waals surface area contributed by atoms with Crippen molar-refractivity contribution in [3.63, 3.8) is 0 Å². The van der Waals surface area contributed by atoms with Gasteiger partial charge in [-0.15, -0.1) is 0 Å². The topological polar surface area (TPSA) is 49.6 Å². The Morgan fingerprint density at radius 1 is 1.24 bits per heavy atom. The monoisotopic (exact) mass is 287 g/mol. The fourth-order valence-electron chi connectivity index (χ4n) is 3.39. The average Bonchev–Trinajstić information content (AvgIpc) is 3.17. The molecule has 2 heterocycles. The molecule has 1 amide bonds. The number of benzene rings is 1. The first-order chi connectivity index (χ1) is 10.3. The van der Waals surface area contributed by atoms with Crippen LogP contribution in [0.2, 0.25) is 0 Å². The lowest BCUT2D eigenvalue weighted by Gasteiger charge is -2.18. The summed E-state index contributed by atoms with van der Waals surface area (Å²) in [6.07, 6.45) is 3.63. The molecule has 0 radical (unpaired) electrons. The van der Waals surface area contributed by atoms with E-state index in [0.717, 1.165) is 31.6 Å². The molecule has 4 heteroatoms. The second-order valence-electron chi connectivity index (χ2n) is 6.33. The van der Waals surface area contributed by atoms with Gasteiger partial charge in [0.15, 0.2) is 0 Å². The molecule has 0 saturated carbocycles. The third-order valence-corrected chi connectivity index (χ3v) is 4.69. The van der Waals surface area contributed by atoms with Gasteiger partial charge in [-0.3, -0.25) is 9.69 Å². The Hall–Kier alpha value is -1.39. The largest absolute Gasteiger partial charge is 0.338 e. The summed E-state index contributed by atoms with van der Waals surface area (Å²) in [6.45, 7) is 5.67. The maximum absolute atomic E-state index is 12.6. The highest BCUT2D eigenvalue weighted by Gasteiger charge is 2.26. The van der Waals surface area contributed by atoms with Gasteiger partial charge in [0.05, 0.1) is 0 Å². The minimum atomic E-state index is 0.161. The van der Waals surface area contributed by atoms with Crippen LogP contribution >= 0.6 is 0 Å². The van der Waals surface area contributed by atoms with Crippen LogP contribution in [0.15, 0.2) is 24.3 Å². The predicted molar refractivity (Wildman–Crippen MR) is 84.0 cm³/mol. The number of likely N-dealkylation sites (tertiary alicyclic amines) is 2. The molecule has 3 rings (SSSR count). The Labute approximate surface area is 126 Å².